The first-order valence-corrected chi connectivity index (χ1v) is 9.18. The van der Waals surface area contributed by atoms with Gasteiger partial charge in [0, 0.05) is 25.3 Å². The first-order valence-electron chi connectivity index (χ1n) is 9.18. The van der Waals surface area contributed by atoms with Crippen molar-refractivity contribution < 1.29 is 14.3 Å². The van der Waals surface area contributed by atoms with E-state index in [1.54, 1.807) is 0 Å². The maximum absolute atomic E-state index is 11.9. The molecule has 0 bridgehead atoms. The molecular formula is C19H30N4O3. The highest BCUT2D eigenvalue weighted by molar-refractivity contribution is 5.95. The van der Waals surface area contributed by atoms with E-state index in [4.69, 9.17) is 10.5 Å². The summed E-state index contributed by atoms with van der Waals surface area (Å²) in [5, 5.41) is 5.34. The molecule has 2 amide bonds. The van der Waals surface area contributed by atoms with Gasteiger partial charge in [-0.15, -0.1) is 0 Å². The number of carbonyl (C=O) groups excluding carboxylic acids is 2. The van der Waals surface area contributed by atoms with E-state index in [1.165, 1.54) is 5.56 Å². The molecule has 1 heterocycles. The van der Waals surface area contributed by atoms with Crippen molar-refractivity contribution in [3.05, 3.63) is 29.8 Å². The second kappa shape index (κ2) is 10.3. The highest BCUT2D eigenvalue weighted by atomic mass is 16.5. The van der Waals surface area contributed by atoms with Gasteiger partial charge >= 0.3 is 0 Å². The van der Waals surface area contributed by atoms with E-state index < -0.39 is 6.04 Å². The lowest BCUT2D eigenvalue weighted by atomic mass is 10.1. The molecule has 1 atom stereocenters. The molecule has 26 heavy (non-hydrogen) atoms. The average molecular weight is 362 g/mol. The van der Waals surface area contributed by atoms with Crippen molar-refractivity contribution in [3.8, 4) is 0 Å². The highest BCUT2D eigenvalue weighted by Crippen LogP contribution is 2.11. The van der Waals surface area contributed by atoms with Crippen LogP contribution in [-0.4, -0.2) is 62.1 Å². The van der Waals surface area contributed by atoms with E-state index in [2.05, 4.69) is 15.5 Å². The number of morpholine rings is 1. The molecule has 0 aliphatic carbocycles. The van der Waals surface area contributed by atoms with Crippen molar-refractivity contribution in [1.29, 1.82) is 0 Å². The average Bonchev–Trinajstić information content (AvgIpc) is 2.65. The van der Waals surface area contributed by atoms with Crippen molar-refractivity contribution in [1.82, 2.24) is 10.2 Å². The first kappa shape index (κ1) is 20.4. The minimum atomic E-state index is -0.603. The summed E-state index contributed by atoms with van der Waals surface area (Å²) in [5.74, 6) is -0.549. The number of hydrogen-bond donors (Lipinski definition) is 3. The predicted molar refractivity (Wildman–Crippen MR) is 102 cm³/mol. The van der Waals surface area contributed by atoms with Crippen LogP contribution in [0.15, 0.2) is 24.3 Å². The van der Waals surface area contributed by atoms with Gasteiger partial charge in [0.2, 0.25) is 11.8 Å². The Balaban J connectivity index is 1.72. The summed E-state index contributed by atoms with van der Waals surface area (Å²) in [7, 11) is 0. The minimum Gasteiger partial charge on any atom is -0.379 e. The summed E-state index contributed by atoms with van der Waals surface area (Å²) in [4.78, 5) is 26.1. The monoisotopic (exact) mass is 362 g/mol. The Kier molecular flexibility index (Phi) is 8.03. The third kappa shape index (κ3) is 6.74. The zero-order valence-electron chi connectivity index (χ0n) is 15.7. The third-order valence-corrected chi connectivity index (χ3v) is 4.50. The van der Waals surface area contributed by atoms with E-state index in [0.29, 0.717) is 5.69 Å². The zero-order valence-corrected chi connectivity index (χ0v) is 15.7. The Morgan fingerprint density at radius 3 is 2.46 bits per heavy atom. The smallest absolute Gasteiger partial charge is 0.243 e. The van der Waals surface area contributed by atoms with Crippen LogP contribution in [0.3, 0.4) is 0 Å². The van der Waals surface area contributed by atoms with Crippen molar-refractivity contribution in [2.24, 2.45) is 11.7 Å². The van der Waals surface area contributed by atoms with Crippen LogP contribution in [0, 0.1) is 5.92 Å². The number of rotatable bonds is 8. The number of nitrogens with two attached hydrogens (primary N) is 1. The van der Waals surface area contributed by atoms with Crippen molar-refractivity contribution >= 4 is 17.5 Å². The number of carbonyl (C=O) groups is 2. The lowest BCUT2D eigenvalue weighted by Crippen LogP contribution is -2.46. The van der Waals surface area contributed by atoms with Crippen LogP contribution in [0.2, 0.25) is 0 Å². The fourth-order valence-electron chi connectivity index (χ4n) is 2.66. The van der Waals surface area contributed by atoms with Gasteiger partial charge in [-0.1, -0.05) is 26.0 Å². The zero-order chi connectivity index (χ0) is 18.9. The summed E-state index contributed by atoms with van der Waals surface area (Å²) < 4.78 is 5.35. The van der Waals surface area contributed by atoms with Gasteiger partial charge in [-0.2, -0.15) is 0 Å². The van der Waals surface area contributed by atoms with E-state index >= 15 is 0 Å². The number of ether oxygens (including phenoxy) is 1. The fraction of sp³-hybridized carbons (Fsp3) is 0.579. The Bertz CT molecular complexity index is 583. The van der Waals surface area contributed by atoms with Gasteiger partial charge in [-0.3, -0.25) is 14.5 Å². The Morgan fingerprint density at radius 2 is 1.85 bits per heavy atom. The second-order valence-corrected chi connectivity index (χ2v) is 6.94. The molecule has 1 saturated heterocycles. The molecule has 7 heteroatoms. The Morgan fingerprint density at radius 1 is 1.19 bits per heavy atom. The molecule has 0 unspecified atom stereocenters. The molecule has 1 aliphatic heterocycles. The first-order chi connectivity index (χ1) is 12.5. The molecule has 2 rings (SSSR count). The third-order valence-electron chi connectivity index (χ3n) is 4.50. The summed E-state index contributed by atoms with van der Waals surface area (Å²) in [5.41, 5.74) is 7.69. The van der Waals surface area contributed by atoms with Crippen LogP contribution in [0.5, 0.6) is 0 Å². The SMILES string of the molecule is CC(C)[C@H](N)C(=O)NCC(=O)Nc1ccc(CCN2CCOCC2)cc1. The molecule has 0 aromatic heterocycles. The quantitative estimate of drug-likeness (QED) is 0.629. The fourth-order valence-corrected chi connectivity index (χ4v) is 2.66. The maximum atomic E-state index is 11.9. The Hall–Kier alpha value is -1.96. The van der Waals surface area contributed by atoms with Gasteiger partial charge in [0.25, 0.3) is 0 Å². The number of amides is 2. The van der Waals surface area contributed by atoms with E-state index in [0.717, 1.165) is 39.3 Å². The molecule has 1 aromatic carbocycles. The molecule has 0 spiro atoms. The van der Waals surface area contributed by atoms with E-state index in [1.807, 2.05) is 38.1 Å². The van der Waals surface area contributed by atoms with Crippen LogP contribution in [0.4, 0.5) is 5.69 Å². The van der Waals surface area contributed by atoms with Crippen molar-refractivity contribution in [2.45, 2.75) is 26.3 Å². The Labute approximate surface area is 155 Å². The lowest BCUT2D eigenvalue weighted by Gasteiger charge is -2.26. The normalized spacial score (nSPS) is 16.3. The molecule has 0 saturated carbocycles. The molecule has 144 valence electrons. The van der Waals surface area contributed by atoms with Gasteiger partial charge in [-0.25, -0.2) is 0 Å². The van der Waals surface area contributed by atoms with Crippen LogP contribution in [-0.2, 0) is 20.7 Å². The predicted octanol–water partition coefficient (Wildman–Crippen LogP) is 0.599. The number of hydrogen-bond acceptors (Lipinski definition) is 5. The summed E-state index contributed by atoms with van der Waals surface area (Å²) >= 11 is 0. The van der Waals surface area contributed by atoms with Gasteiger partial charge in [-0.05, 0) is 30.0 Å². The molecule has 1 aliphatic rings. The highest BCUT2D eigenvalue weighted by Gasteiger charge is 2.17. The largest absolute Gasteiger partial charge is 0.379 e. The molecule has 1 aromatic rings. The topological polar surface area (TPSA) is 96.7 Å². The van der Waals surface area contributed by atoms with Crippen LogP contribution >= 0.6 is 0 Å². The van der Waals surface area contributed by atoms with Crippen molar-refractivity contribution in [3.63, 3.8) is 0 Å². The second-order valence-electron chi connectivity index (χ2n) is 6.94. The molecular weight excluding hydrogens is 332 g/mol. The molecule has 4 N–H and O–H groups in total. The van der Waals surface area contributed by atoms with Gasteiger partial charge < -0.3 is 21.1 Å². The number of anilines is 1. The number of nitrogens with one attached hydrogen (secondary N) is 2. The molecule has 7 nitrogen and oxygen atoms in total. The molecule has 0 radical (unpaired) electrons. The summed E-state index contributed by atoms with van der Waals surface area (Å²) in [6.07, 6.45) is 0.970. The van der Waals surface area contributed by atoms with Gasteiger partial charge in [0.05, 0.1) is 25.8 Å². The maximum Gasteiger partial charge on any atom is 0.243 e. The van der Waals surface area contributed by atoms with Crippen LogP contribution in [0.1, 0.15) is 19.4 Å². The van der Waals surface area contributed by atoms with Gasteiger partial charge in [0.1, 0.15) is 0 Å². The molecule has 1 fully saturated rings. The van der Waals surface area contributed by atoms with Crippen LogP contribution < -0.4 is 16.4 Å². The number of nitrogens with zero attached hydrogens (tertiary/aromatic N) is 1. The van der Waals surface area contributed by atoms with Crippen LogP contribution in [0.25, 0.3) is 0 Å². The van der Waals surface area contributed by atoms with E-state index in [-0.39, 0.29) is 24.3 Å². The lowest BCUT2D eigenvalue weighted by molar-refractivity contribution is -0.125. The summed E-state index contributed by atoms with van der Waals surface area (Å²) in [6.45, 7) is 8.25. The van der Waals surface area contributed by atoms with Crippen molar-refractivity contribution in [2.75, 3.05) is 44.7 Å². The minimum absolute atomic E-state index is 0.0306. The van der Waals surface area contributed by atoms with E-state index in [9.17, 15) is 9.59 Å². The number of benzene rings is 1. The summed E-state index contributed by atoms with van der Waals surface area (Å²) in [6, 6.07) is 7.20. The standard InChI is InChI=1S/C19H30N4O3/c1-14(2)18(20)19(25)21-13-17(24)22-16-5-3-15(4-6-16)7-8-23-9-11-26-12-10-23/h3-6,14,18H,7-13,20H2,1-2H3,(H,21,25)(H,22,24)/t18-/m0/s1. The van der Waals surface area contributed by atoms with Gasteiger partial charge in [0.15, 0.2) is 0 Å².